The molecular weight excluding hydrogens is 267 g/mol. The first-order valence-corrected chi connectivity index (χ1v) is 6.96. The minimum Gasteiger partial charge on any atom is -0.344 e. The Labute approximate surface area is 123 Å². The fourth-order valence-electron chi connectivity index (χ4n) is 2.82. The monoisotopic (exact) mass is 284 g/mol. The van der Waals surface area contributed by atoms with Gasteiger partial charge in [0.15, 0.2) is 0 Å². The highest BCUT2D eigenvalue weighted by atomic mass is 19.1. The molecule has 0 aromatic heterocycles. The van der Waals surface area contributed by atoms with Gasteiger partial charge in [-0.1, -0.05) is 24.3 Å². The van der Waals surface area contributed by atoms with Gasteiger partial charge in [-0.3, -0.25) is 4.79 Å². The van der Waals surface area contributed by atoms with Gasteiger partial charge in [0.25, 0.3) is 5.91 Å². The van der Waals surface area contributed by atoms with Crippen LogP contribution in [0.1, 0.15) is 33.1 Å². The van der Waals surface area contributed by atoms with E-state index < -0.39 is 0 Å². The molecule has 108 valence electrons. The summed E-state index contributed by atoms with van der Waals surface area (Å²) < 4.78 is 13.3. The van der Waals surface area contributed by atoms with Crippen molar-refractivity contribution in [1.29, 1.82) is 0 Å². The number of amides is 1. The highest BCUT2D eigenvalue weighted by molar-refractivity contribution is 5.94. The van der Waals surface area contributed by atoms with Crippen LogP contribution in [0.4, 0.5) is 4.39 Å². The predicted octanol–water partition coefficient (Wildman–Crippen LogP) is 2.49. The average molecular weight is 284 g/mol. The number of benzene rings is 2. The van der Waals surface area contributed by atoms with Crippen molar-refractivity contribution in [1.82, 2.24) is 5.32 Å². The van der Waals surface area contributed by atoms with Gasteiger partial charge in [0.05, 0.1) is 6.04 Å². The standard InChI is InChI=1S/C17H17FN2O/c1-10-8-12(6-7-14(10)18)17(21)20-16-13-5-3-2-4-11(13)9-15(16)19/h2-8,15-16H,9,19H2,1H3,(H,20,21). The molecule has 0 saturated carbocycles. The predicted molar refractivity (Wildman–Crippen MR) is 79.5 cm³/mol. The summed E-state index contributed by atoms with van der Waals surface area (Å²) in [7, 11) is 0. The van der Waals surface area contributed by atoms with Crippen LogP contribution in [0.15, 0.2) is 42.5 Å². The number of nitrogens with one attached hydrogen (secondary N) is 1. The molecule has 3 nitrogen and oxygen atoms in total. The van der Waals surface area contributed by atoms with Gasteiger partial charge in [0.1, 0.15) is 5.82 Å². The van der Waals surface area contributed by atoms with Crippen LogP contribution in [-0.4, -0.2) is 11.9 Å². The lowest BCUT2D eigenvalue weighted by atomic mass is 10.1. The fraction of sp³-hybridized carbons (Fsp3) is 0.235. The maximum atomic E-state index is 13.3. The third-order valence-corrected chi connectivity index (χ3v) is 3.98. The van der Waals surface area contributed by atoms with Crippen molar-refractivity contribution in [2.24, 2.45) is 5.73 Å². The van der Waals surface area contributed by atoms with Gasteiger partial charge in [-0.15, -0.1) is 0 Å². The molecule has 2 unspecified atom stereocenters. The molecule has 4 heteroatoms. The SMILES string of the molecule is Cc1cc(C(=O)NC2c3ccccc3CC2N)ccc1F. The summed E-state index contributed by atoms with van der Waals surface area (Å²) in [5, 5.41) is 2.96. The Morgan fingerprint density at radius 3 is 2.81 bits per heavy atom. The lowest BCUT2D eigenvalue weighted by Gasteiger charge is -2.19. The van der Waals surface area contributed by atoms with E-state index in [1.54, 1.807) is 13.0 Å². The van der Waals surface area contributed by atoms with Gasteiger partial charge >= 0.3 is 0 Å². The van der Waals surface area contributed by atoms with E-state index in [4.69, 9.17) is 5.73 Å². The number of fused-ring (bicyclic) bond motifs is 1. The van der Waals surface area contributed by atoms with Crippen molar-refractivity contribution in [3.05, 3.63) is 70.5 Å². The van der Waals surface area contributed by atoms with Crippen LogP contribution in [0.3, 0.4) is 0 Å². The third-order valence-electron chi connectivity index (χ3n) is 3.98. The smallest absolute Gasteiger partial charge is 0.251 e. The Balaban J connectivity index is 1.83. The number of carbonyl (C=O) groups is 1. The second-order valence-electron chi connectivity index (χ2n) is 5.48. The maximum Gasteiger partial charge on any atom is 0.251 e. The van der Waals surface area contributed by atoms with Gasteiger partial charge in [-0.2, -0.15) is 0 Å². The molecule has 2 aromatic carbocycles. The van der Waals surface area contributed by atoms with Gasteiger partial charge in [-0.05, 0) is 48.2 Å². The topological polar surface area (TPSA) is 55.1 Å². The molecule has 0 bridgehead atoms. The molecule has 0 spiro atoms. The molecule has 1 aliphatic carbocycles. The van der Waals surface area contributed by atoms with Crippen LogP contribution in [0.25, 0.3) is 0 Å². The van der Waals surface area contributed by atoms with Crippen LogP contribution in [0.5, 0.6) is 0 Å². The average Bonchev–Trinajstić information content (AvgIpc) is 2.78. The van der Waals surface area contributed by atoms with Crippen molar-refractivity contribution < 1.29 is 9.18 Å². The van der Waals surface area contributed by atoms with E-state index in [0.29, 0.717) is 11.1 Å². The van der Waals surface area contributed by atoms with Gasteiger partial charge in [0.2, 0.25) is 0 Å². The largest absolute Gasteiger partial charge is 0.344 e. The van der Waals surface area contributed by atoms with E-state index in [-0.39, 0.29) is 23.8 Å². The summed E-state index contributed by atoms with van der Waals surface area (Å²) in [5.41, 5.74) is 9.28. The summed E-state index contributed by atoms with van der Waals surface area (Å²) in [5.74, 6) is -0.537. The highest BCUT2D eigenvalue weighted by Crippen LogP contribution is 2.30. The molecule has 1 aliphatic rings. The van der Waals surface area contributed by atoms with E-state index in [2.05, 4.69) is 5.32 Å². The van der Waals surface area contributed by atoms with Gasteiger partial charge in [0, 0.05) is 11.6 Å². The zero-order chi connectivity index (χ0) is 15.0. The van der Waals surface area contributed by atoms with E-state index in [1.165, 1.54) is 17.7 Å². The van der Waals surface area contributed by atoms with Crippen molar-refractivity contribution >= 4 is 5.91 Å². The number of hydrogen-bond donors (Lipinski definition) is 2. The molecule has 0 saturated heterocycles. The molecule has 0 fully saturated rings. The normalized spacial score (nSPS) is 20.1. The Morgan fingerprint density at radius 1 is 1.29 bits per heavy atom. The van der Waals surface area contributed by atoms with Crippen LogP contribution < -0.4 is 11.1 Å². The molecule has 3 N–H and O–H groups in total. The first-order valence-electron chi connectivity index (χ1n) is 6.96. The van der Waals surface area contributed by atoms with Crippen LogP contribution >= 0.6 is 0 Å². The van der Waals surface area contributed by atoms with E-state index in [9.17, 15) is 9.18 Å². The minimum atomic E-state index is -0.311. The van der Waals surface area contributed by atoms with Gasteiger partial charge < -0.3 is 11.1 Å². The summed E-state index contributed by atoms with van der Waals surface area (Å²) >= 11 is 0. The van der Waals surface area contributed by atoms with Crippen LogP contribution in [-0.2, 0) is 6.42 Å². The number of nitrogens with two attached hydrogens (primary N) is 1. The molecule has 2 atom stereocenters. The summed E-state index contributed by atoms with van der Waals surface area (Å²) in [6, 6.07) is 12.0. The van der Waals surface area contributed by atoms with Crippen LogP contribution in [0.2, 0.25) is 0 Å². The molecule has 3 rings (SSSR count). The number of halogens is 1. The highest BCUT2D eigenvalue weighted by Gasteiger charge is 2.30. The molecular formula is C17H17FN2O. The van der Waals surface area contributed by atoms with E-state index in [0.717, 1.165) is 12.0 Å². The van der Waals surface area contributed by atoms with E-state index in [1.807, 2.05) is 24.3 Å². The Hall–Kier alpha value is -2.20. The number of carbonyl (C=O) groups excluding carboxylic acids is 1. The second-order valence-corrected chi connectivity index (χ2v) is 5.48. The minimum absolute atomic E-state index is 0.132. The zero-order valence-corrected chi connectivity index (χ0v) is 11.8. The fourth-order valence-corrected chi connectivity index (χ4v) is 2.82. The van der Waals surface area contributed by atoms with Crippen molar-refractivity contribution in [2.75, 3.05) is 0 Å². The van der Waals surface area contributed by atoms with Crippen LogP contribution in [0, 0.1) is 12.7 Å². The first-order chi connectivity index (χ1) is 10.1. The Morgan fingerprint density at radius 2 is 2.05 bits per heavy atom. The lowest BCUT2D eigenvalue weighted by molar-refractivity contribution is 0.0933. The van der Waals surface area contributed by atoms with Crippen molar-refractivity contribution in [2.45, 2.75) is 25.4 Å². The maximum absolute atomic E-state index is 13.3. The zero-order valence-electron chi connectivity index (χ0n) is 11.8. The van der Waals surface area contributed by atoms with E-state index >= 15 is 0 Å². The first kappa shape index (κ1) is 13.8. The molecule has 0 heterocycles. The number of hydrogen-bond acceptors (Lipinski definition) is 2. The summed E-state index contributed by atoms with van der Waals surface area (Å²) in [4.78, 5) is 12.3. The number of aryl methyl sites for hydroxylation is 1. The molecule has 2 aromatic rings. The van der Waals surface area contributed by atoms with Crippen molar-refractivity contribution in [3.63, 3.8) is 0 Å². The number of rotatable bonds is 2. The summed E-state index contributed by atoms with van der Waals surface area (Å²) in [6.45, 7) is 1.64. The molecule has 1 amide bonds. The second kappa shape index (κ2) is 5.30. The van der Waals surface area contributed by atoms with Gasteiger partial charge in [-0.25, -0.2) is 4.39 Å². The molecule has 0 radical (unpaired) electrons. The Bertz CT molecular complexity index is 699. The van der Waals surface area contributed by atoms with Crippen molar-refractivity contribution in [3.8, 4) is 0 Å². The molecule has 0 aliphatic heterocycles. The lowest BCUT2D eigenvalue weighted by Crippen LogP contribution is -2.38. The quantitative estimate of drug-likeness (QED) is 0.890. The third kappa shape index (κ3) is 2.54. The summed E-state index contributed by atoms with van der Waals surface area (Å²) in [6.07, 6.45) is 0.754. The Kier molecular flexibility index (Phi) is 3.47. The molecule has 21 heavy (non-hydrogen) atoms.